The number of hydrogen-bond acceptors (Lipinski definition) is 0. The van der Waals surface area contributed by atoms with E-state index in [0.29, 0.717) is 0 Å². The van der Waals surface area contributed by atoms with Gasteiger partial charge in [-0.05, 0) is 174 Å². The molecule has 1 aliphatic rings. The number of rotatable bonds is 7. The van der Waals surface area contributed by atoms with Gasteiger partial charge in [0, 0.05) is 115 Å². The molecule has 0 radical (unpaired) electrons. The first-order valence-corrected chi connectivity index (χ1v) is 42.3. The zero-order valence-electron chi connectivity index (χ0n) is 64.2. The Morgan fingerprint density at radius 2 is 0.420 bits per heavy atom. The molecule has 7 heterocycles. The molecule has 119 heavy (non-hydrogen) atoms. The molecule has 0 bridgehead atoms. The standard InChI is InChI=1S/C54H34N4.C37H24N2.C18H12BrN.ClH.Cu/c1-8-22-46-38(15-1)39-16-2-9-23-47(39)55(46)35-29-31-36(32-30-35)57-50-26-12-7-21-44(50)45-33-37(56-48-24-10-3-17-40(48)41-18-4-11-25-49(41)56)34-53(54(45)57)58-51-27-13-5-19-42(51)43-20-6-14-28-52(43)58;1-2-12-26-24(11-1)21-32-31(26)22-25(38-33-17-7-3-13-27(33)28-14-4-8-18-34(28)38)23-37(32)39-35-19-9-5-15-29(35)30-16-6-10-20-36(30)39;19-13-9-11-14(12-10-13)20-17-7-3-1-5-15(17)16-6-2-4-8-18(16)20;;/h1-34H;1-20,22-23H,21H2;1-12H;1H;/q;;;;+1/p-1. The fourth-order valence-electron chi connectivity index (χ4n) is 19.7. The molecule has 25 aromatic rings. The number of benzene rings is 18. The Hall–Kier alpha value is -14.2. The van der Waals surface area contributed by atoms with E-state index in [1.165, 1.54) is 192 Å². The number of nitrogens with zero attached hydrogens (tertiary/aromatic N) is 7. The molecule has 0 N–H and O–H groups in total. The van der Waals surface area contributed by atoms with Crippen molar-refractivity contribution in [3.63, 3.8) is 0 Å². The second-order valence-corrected chi connectivity index (χ2v) is 31.7. The van der Waals surface area contributed by atoms with Crippen molar-refractivity contribution in [1.29, 1.82) is 0 Å². The summed E-state index contributed by atoms with van der Waals surface area (Å²) < 4.78 is 18.2. The maximum absolute atomic E-state index is 4.20. The molecule has 18 aromatic carbocycles. The van der Waals surface area contributed by atoms with Gasteiger partial charge in [0.05, 0.1) is 88.6 Å². The van der Waals surface area contributed by atoms with Crippen molar-refractivity contribution < 1.29 is 15.1 Å². The van der Waals surface area contributed by atoms with Crippen LogP contribution in [0.15, 0.2) is 417 Å². The Bertz CT molecular complexity index is 8080. The van der Waals surface area contributed by atoms with Crippen molar-refractivity contribution in [2.45, 2.75) is 6.42 Å². The Kier molecular flexibility index (Phi) is 16.9. The van der Waals surface area contributed by atoms with Crippen LogP contribution < -0.4 is 0 Å². The largest absolute Gasteiger partial charge is 0.309 e. The summed E-state index contributed by atoms with van der Waals surface area (Å²) in [5.41, 5.74) is 30.6. The molecule has 0 spiro atoms. The van der Waals surface area contributed by atoms with E-state index in [1.54, 1.807) is 0 Å². The number of para-hydroxylation sites is 13. The molecule has 0 saturated heterocycles. The van der Waals surface area contributed by atoms with Gasteiger partial charge in [0.2, 0.25) is 0 Å². The van der Waals surface area contributed by atoms with Gasteiger partial charge >= 0.3 is 25.2 Å². The summed E-state index contributed by atoms with van der Waals surface area (Å²) in [6.45, 7) is 0. The molecule has 7 nitrogen and oxygen atoms in total. The van der Waals surface area contributed by atoms with Crippen molar-refractivity contribution in [3.8, 4) is 50.9 Å². The molecule has 0 unspecified atom stereocenters. The SMILES string of the molecule is Brc1ccc(-n2c3ccccc3c3ccccc32)cc1.[Cl][Cu].c1ccc2c(c1)Cc1c-2cc(-n2c3ccccc3c3ccccc32)cc1-n1c2ccccc2c2ccccc21.c1ccc2c(c1)c1ccccc1n2-c1ccc(-n2c3ccccc3c3cc(-n4c5ccccc5c5ccccc54)cc(-n4c5ccccc5c5ccccc54)c32)cc1. The number of aromatic nitrogens is 7. The molecule has 10 heteroatoms. The smallest absolute Gasteiger partial charge is 0.0784 e. The van der Waals surface area contributed by atoms with Gasteiger partial charge in [-0.1, -0.05) is 277 Å². The third-order valence-electron chi connectivity index (χ3n) is 24.5. The maximum atomic E-state index is 4.20. The molecular formula is C109H70BrClCuN7. The molecule has 26 rings (SSSR count). The summed E-state index contributed by atoms with van der Waals surface area (Å²) >= 11 is 7.16. The molecule has 7 aromatic heterocycles. The zero-order valence-corrected chi connectivity index (χ0v) is 67.4. The van der Waals surface area contributed by atoms with Crippen LogP contribution >= 0.6 is 26.0 Å². The van der Waals surface area contributed by atoms with Gasteiger partial charge in [-0.25, -0.2) is 0 Å². The van der Waals surface area contributed by atoms with Crippen LogP contribution in [0.4, 0.5) is 0 Å². The Morgan fingerprint density at radius 3 is 0.748 bits per heavy atom. The monoisotopic (exact) mass is 1650 g/mol. The maximum Gasteiger partial charge on any atom is 0.0784 e. The van der Waals surface area contributed by atoms with Crippen LogP contribution in [-0.4, -0.2) is 32.0 Å². The fraction of sp³-hybridized carbons (Fsp3) is 0.00917. The fourth-order valence-corrected chi connectivity index (χ4v) is 19.9. The summed E-state index contributed by atoms with van der Waals surface area (Å²) in [5.74, 6) is 0. The van der Waals surface area contributed by atoms with Crippen LogP contribution in [0.25, 0.3) is 204 Å². The zero-order chi connectivity index (χ0) is 78.9. The predicted octanol–water partition coefficient (Wildman–Crippen LogP) is 29.8. The molecule has 1 aliphatic carbocycles. The molecule has 0 atom stereocenters. The van der Waals surface area contributed by atoms with E-state index in [9.17, 15) is 0 Å². The third kappa shape index (κ3) is 11.1. The van der Waals surface area contributed by atoms with Gasteiger partial charge in [0.15, 0.2) is 0 Å². The average molecular weight is 1660 g/mol. The Morgan fingerprint density at radius 1 is 0.193 bits per heavy atom. The van der Waals surface area contributed by atoms with E-state index in [2.05, 4.69) is 486 Å². The first-order valence-electron chi connectivity index (χ1n) is 40.2. The molecule has 566 valence electrons. The van der Waals surface area contributed by atoms with Crippen LogP contribution in [-0.2, 0) is 21.5 Å². The molecule has 0 saturated carbocycles. The van der Waals surface area contributed by atoms with Gasteiger partial charge in [-0.15, -0.1) is 0 Å². The Balaban J connectivity index is 0.000000116. The second-order valence-electron chi connectivity index (χ2n) is 30.7. The Labute approximate surface area is 705 Å². The van der Waals surface area contributed by atoms with Gasteiger partial charge in [0.1, 0.15) is 0 Å². The van der Waals surface area contributed by atoms with Gasteiger partial charge in [-0.3, -0.25) is 0 Å². The van der Waals surface area contributed by atoms with Crippen LogP contribution in [0, 0.1) is 0 Å². The minimum atomic E-state index is 0.940. The molecular weight excluding hydrogens is 1590 g/mol. The van der Waals surface area contributed by atoms with E-state index >= 15 is 0 Å². The third-order valence-corrected chi connectivity index (χ3v) is 25.1. The van der Waals surface area contributed by atoms with Crippen molar-refractivity contribution >= 4 is 179 Å². The molecule has 0 fully saturated rings. The minimum absolute atomic E-state index is 0.940. The summed E-state index contributed by atoms with van der Waals surface area (Å²) in [6, 6.07) is 150. The minimum Gasteiger partial charge on any atom is -0.309 e. The normalized spacial score (nSPS) is 12.0. The molecule has 0 amide bonds. The number of halogens is 2. The van der Waals surface area contributed by atoms with E-state index in [0.717, 1.165) is 33.6 Å². The average Bonchev–Trinajstić information content (AvgIpc) is 1.56. The van der Waals surface area contributed by atoms with E-state index in [4.69, 9.17) is 0 Å². The van der Waals surface area contributed by atoms with Crippen molar-refractivity contribution in [1.82, 2.24) is 32.0 Å². The molecule has 0 aliphatic heterocycles. The van der Waals surface area contributed by atoms with Crippen LogP contribution in [0.1, 0.15) is 11.1 Å². The topological polar surface area (TPSA) is 34.5 Å². The van der Waals surface area contributed by atoms with E-state index < -0.39 is 0 Å². The summed E-state index contributed by atoms with van der Waals surface area (Å²) in [4.78, 5) is 0. The van der Waals surface area contributed by atoms with Crippen LogP contribution in [0.5, 0.6) is 0 Å². The van der Waals surface area contributed by atoms with Crippen molar-refractivity contribution in [2.75, 3.05) is 0 Å². The van der Waals surface area contributed by atoms with Gasteiger partial charge in [-0.2, -0.15) is 0 Å². The van der Waals surface area contributed by atoms with Crippen LogP contribution in [0.3, 0.4) is 0 Å². The van der Waals surface area contributed by atoms with E-state index in [-0.39, 0.29) is 0 Å². The first kappa shape index (κ1) is 70.3. The summed E-state index contributed by atoms with van der Waals surface area (Å²) in [6.07, 6.45) is 0.940. The number of fused-ring (bicyclic) bond motifs is 24. The predicted molar refractivity (Wildman–Crippen MR) is 501 cm³/mol. The van der Waals surface area contributed by atoms with Gasteiger partial charge < -0.3 is 32.0 Å². The second kappa shape index (κ2) is 28.6. The first-order chi connectivity index (χ1) is 59.0. The van der Waals surface area contributed by atoms with E-state index in [1.807, 2.05) is 0 Å². The number of hydrogen-bond donors (Lipinski definition) is 0. The van der Waals surface area contributed by atoms with Crippen molar-refractivity contribution in [3.05, 3.63) is 428 Å². The summed E-state index contributed by atoms with van der Waals surface area (Å²) in [5, 5.41) is 17.7. The van der Waals surface area contributed by atoms with Crippen molar-refractivity contribution in [2.24, 2.45) is 0 Å². The van der Waals surface area contributed by atoms with Gasteiger partial charge in [0.25, 0.3) is 0 Å². The van der Waals surface area contributed by atoms with Crippen LogP contribution in [0.2, 0.25) is 0 Å². The summed E-state index contributed by atoms with van der Waals surface area (Å²) in [7, 11) is 4.20. The quantitative estimate of drug-likeness (QED) is 0.143.